The van der Waals surface area contributed by atoms with Crippen LogP contribution < -0.4 is 10.2 Å². The van der Waals surface area contributed by atoms with Crippen molar-refractivity contribution in [2.45, 2.75) is 13.0 Å². The molecule has 1 atom stereocenters. The van der Waals surface area contributed by atoms with Crippen LogP contribution >= 0.6 is 0 Å². The number of benzene rings is 1. The van der Waals surface area contributed by atoms with Crippen LogP contribution in [0.3, 0.4) is 0 Å². The van der Waals surface area contributed by atoms with E-state index in [-0.39, 0.29) is 25.6 Å². The van der Waals surface area contributed by atoms with Gasteiger partial charge in [0, 0.05) is 25.9 Å². The Labute approximate surface area is 114 Å². The van der Waals surface area contributed by atoms with E-state index < -0.39 is 6.10 Å². The third kappa shape index (κ3) is 5.72. The van der Waals surface area contributed by atoms with Crippen molar-refractivity contribution in [3.05, 3.63) is 30.3 Å². The van der Waals surface area contributed by atoms with Crippen molar-refractivity contribution < 1.29 is 14.6 Å². The summed E-state index contributed by atoms with van der Waals surface area (Å²) in [5.74, 6) is -0.110. The Morgan fingerprint density at radius 1 is 1.42 bits per heavy atom. The number of para-hydroxylation sites is 1. The fourth-order valence-electron chi connectivity index (χ4n) is 1.74. The summed E-state index contributed by atoms with van der Waals surface area (Å²) in [6.45, 7) is 3.45. The summed E-state index contributed by atoms with van der Waals surface area (Å²) in [7, 11) is 1.51. The number of amides is 1. The predicted octanol–water partition coefficient (Wildman–Crippen LogP) is 0.636. The number of hydrogen-bond acceptors (Lipinski definition) is 4. The van der Waals surface area contributed by atoms with E-state index in [1.165, 1.54) is 7.11 Å². The number of hydrogen-bond donors (Lipinski definition) is 2. The lowest BCUT2D eigenvalue weighted by Crippen LogP contribution is -2.41. The number of carbonyl (C=O) groups is 1. The van der Waals surface area contributed by atoms with Gasteiger partial charge < -0.3 is 20.1 Å². The number of aliphatic hydroxyl groups excluding tert-OH is 1. The molecule has 5 heteroatoms. The topological polar surface area (TPSA) is 61.8 Å². The predicted molar refractivity (Wildman–Crippen MR) is 75.2 cm³/mol. The maximum atomic E-state index is 11.8. The lowest BCUT2D eigenvalue weighted by Gasteiger charge is -2.22. The fraction of sp³-hybridized carbons (Fsp3) is 0.500. The van der Waals surface area contributed by atoms with E-state index in [1.807, 2.05) is 42.2 Å². The maximum Gasteiger partial charge on any atom is 0.239 e. The monoisotopic (exact) mass is 266 g/mol. The van der Waals surface area contributed by atoms with Crippen molar-refractivity contribution in [3.63, 3.8) is 0 Å². The maximum absolute atomic E-state index is 11.8. The number of methoxy groups -OCH3 is 1. The summed E-state index contributed by atoms with van der Waals surface area (Å²) in [6.07, 6.45) is -0.666. The van der Waals surface area contributed by atoms with Gasteiger partial charge in [0.15, 0.2) is 0 Å². The van der Waals surface area contributed by atoms with Gasteiger partial charge >= 0.3 is 0 Å². The number of nitrogens with one attached hydrogen (secondary N) is 1. The zero-order chi connectivity index (χ0) is 14.1. The van der Waals surface area contributed by atoms with Crippen LogP contribution in [0, 0.1) is 0 Å². The lowest BCUT2D eigenvalue weighted by atomic mass is 10.3. The van der Waals surface area contributed by atoms with E-state index in [0.29, 0.717) is 0 Å². The molecule has 1 aromatic rings. The quantitative estimate of drug-likeness (QED) is 0.725. The molecule has 0 aliphatic rings. The summed E-state index contributed by atoms with van der Waals surface area (Å²) in [5.41, 5.74) is 1.01. The second kappa shape index (κ2) is 8.50. The molecule has 0 saturated carbocycles. The van der Waals surface area contributed by atoms with Gasteiger partial charge in [0.25, 0.3) is 0 Å². The molecule has 0 aromatic heterocycles. The Morgan fingerprint density at radius 3 is 2.68 bits per heavy atom. The number of ether oxygens (including phenoxy) is 1. The molecule has 0 fully saturated rings. The fourth-order valence-corrected chi connectivity index (χ4v) is 1.74. The molecule has 0 aliphatic heterocycles. The Kier molecular flexibility index (Phi) is 6.92. The van der Waals surface area contributed by atoms with Gasteiger partial charge in [-0.1, -0.05) is 18.2 Å². The van der Waals surface area contributed by atoms with E-state index in [0.717, 1.165) is 12.2 Å². The number of aliphatic hydroxyl groups is 1. The van der Waals surface area contributed by atoms with Gasteiger partial charge in [-0.3, -0.25) is 4.79 Å². The lowest BCUT2D eigenvalue weighted by molar-refractivity contribution is -0.120. The van der Waals surface area contributed by atoms with E-state index in [1.54, 1.807) is 0 Å². The highest BCUT2D eigenvalue weighted by Gasteiger charge is 2.11. The van der Waals surface area contributed by atoms with Gasteiger partial charge in [-0.2, -0.15) is 0 Å². The molecular formula is C14H22N2O3. The van der Waals surface area contributed by atoms with Crippen molar-refractivity contribution in [3.8, 4) is 0 Å². The second-order valence-electron chi connectivity index (χ2n) is 4.26. The number of rotatable bonds is 8. The summed E-state index contributed by atoms with van der Waals surface area (Å²) < 4.78 is 4.80. The minimum absolute atomic E-state index is 0.110. The minimum Gasteiger partial charge on any atom is -0.389 e. The van der Waals surface area contributed by atoms with Crippen molar-refractivity contribution >= 4 is 11.6 Å². The summed E-state index contributed by atoms with van der Waals surface area (Å²) in [6, 6.07) is 9.77. The molecule has 1 aromatic carbocycles. The van der Waals surface area contributed by atoms with Gasteiger partial charge in [-0.25, -0.2) is 0 Å². The molecule has 0 bridgehead atoms. The third-order valence-corrected chi connectivity index (χ3v) is 2.73. The number of nitrogens with zero attached hydrogens (tertiary/aromatic N) is 1. The van der Waals surface area contributed by atoms with Crippen molar-refractivity contribution in [2.75, 3.05) is 38.3 Å². The zero-order valence-electron chi connectivity index (χ0n) is 11.5. The molecule has 0 radical (unpaired) electrons. The zero-order valence-corrected chi connectivity index (χ0v) is 11.5. The molecule has 1 unspecified atom stereocenters. The molecule has 1 rings (SSSR count). The Balaban J connectivity index is 2.41. The Bertz CT molecular complexity index is 370. The van der Waals surface area contributed by atoms with E-state index >= 15 is 0 Å². The molecule has 0 aliphatic carbocycles. The van der Waals surface area contributed by atoms with Crippen LogP contribution in [-0.4, -0.2) is 50.5 Å². The van der Waals surface area contributed by atoms with Crippen LogP contribution in [0.5, 0.6) is 0 Å². The molecule has 19 heavy (non-hydrogen) atoms. The normalized spacial score (nSPS) is 11.9. The van der Waals surface area contributed by atoms with E-state index in [2.05, 4.69) is 5.32 Å². The van der Waals surface area contributed by atoms with E-state index in [4.69, 9.17) is 4.74 Å². The molecule has 5 nitrogen and oxygen atoms in total. The van der Waals surface area contributed by atoms with Crippen LogP contribution in [0.4, 0.5) is 5.69 Å². The van der Waals surface area contributed by atoms with Crippen LogP contribution in [0.2, 0.25) is 0 Å². The molecule has 2 N–H and O–H groups in total. The van der Waals surface area contributed by atoms with Crippen molar-refractivity contribution in [1.29, 1.82) is 0 Å². The number of likely N-dealkylation sites (N-methyl/N-ethyl adjacent to an activating group) is 1. The van der Waals surface area contributed by atoms with Crippen LogP contribution in [0.1, 0.15) is 6.92 Å². The first kappa shape index (κ1) is 15.5. The van der Waals surface area contributed by atoms with Crippen molar-refractivity contribution in [2.24, 2.45) is 0 Å². The average Bonchev–Trinajstić information content (AvgIpc) is 2.44. The van der Waals surface area contributed by atoms with Crippen LogP contribution in [-0.2, 0) is 9.53 Å². The van der Waals surface area contributed by atoms with Crippen molar-refractivity contribution in [1.82, 2.24) is 5.32 Å². The molecule has 0 heterocycles. The molecule has 1 amide bonds. The molecule has 0 saturated heterocycles. The number of anilines is 1. The minimum atomic E-state index is -0.666. The first-order valence-electron chi connectivity index (χ1n) is 6.41. The average molecular weight is 266 g/mol. The van der Waals surface area contributed by atoms with Gasteiger partial charge in [-0.15, -0.1) is 0 Å². The highest BCUT2D eigenvalue weighted by Crippen LogP contribution is 2.11. The highest BCUT2D eigenvalue weighted by molar-refractivity contribution is 5.81. The van der Waals surface area contributed by atoms with Crippen LogP contribution in [0.25, 0.3) is 0 Å². The van der Waals surface area contributed by atoms with Crippen LogP contribution in [0.15, 0.2) is 30.3 Å². The Hall–Kier alpha value is -1.59. The third-order valence-electron chi connectivity index (χ3n) is 2.73. The van der Waals surface area contributed by atoms with Gasteiger partial charge in [-0.05, 0) is 19.1 Å². The van der Waals surface area contributed by atoms with Gasteiger partial charge in [0.1, 0.15) is 0 Å². The summed E-state index contributed by atoms with van der Waals surface area (Å²) in [5, 5.41) is 12.1. The number of carbonyl (C=O) groups excluding carboxylic acids is 1. The smallest absolute Gasteiger partial charge is 0.239 e. The first-order chi connectivity index (χ1) is 9.17. The first-order valence-corrected chi connectivity index (χ1v) is 6.41. The molecule has 0 spiro atoms. The standard InChI is InChI=1S/C14H22N2O3/c1-3-16(12-7-5-4-6-8-12)10-14(18)15-9-13(17)11-19-2/h4-8,13,17H,3,9-11H2,1-2H3,(H,15,18). The molecular weight excluding hydrogens is 244 g/mol. The largest absolute Gasteiger partial charge is 0.389 e. The molecule has 106 valence electrons. The summed E-state index contributed by atoms with van der Waals surface area (Å²) >= 11 is 0. The summed E-state index contributed by atoms with van der Waals surface area (Å²) in [4.78, 5) is 13.8. The SMILES string of the molecule is CCN(CC(=O)NCC(O)COC)c1ccccc1. The van der Waals surface area contributed by atoms with Gasteiger partial charge in [0.2, 0.25) is 5.91 Å². The highest BCUT2D eigenvalue weighted by atomic mass is 16.5. The Morgan fingerprint density at radius 2 is 2.11 bits per heavy atom. The van der Waals surface area contributed by atoms with Gasteiger partial charge in [0.05, 0.1) is 19.3 Å². The second-order valence-corrected chi connectivity index (χ2v) is 4.26. The van der Waals surface area contributed by atoms with E-state index in [9.17, 15) is 9.90 Å².